The van der Waals surface area contributed by atoms with Gasteiger partial charge in [-0.2, -0.15) is 0 Å². The van der Waals surface area contributed by atoms with E-state index in [0.29, 0.717) is 6.54 Å². The van der Waals surface area contributed by atoms with Gasteiger partial charge in [0.2, 0.25) is 0 Å². The summed E-state index contributed by atoms with van der Waals surface area (Å²) in [6.07, 6.45) is 1.75. The summed E-state index contributed by atoms with van der Waals surface area (Å²) in [6.45, 7) is 6.64. The highest BCUT2D eigenvalue weighted by molar-refractivity contribution is 5.51. The molecular formula is C14H18N4. The fraction of sp³-hybridized carbons (Fsp3) is 0.286. The molecule has 18 heavy (non-hydrogen) atoms. The van der Waals surface area contributed by atoms with Crippen molar-refractivity contribution in [1.29, 1.82) is 0 Å². The Balaban J connectivity index is 2.11. The van der Waals surface area contributed by atoms with Crippen molar-refractivity contribution in [1.82, 2.24) is 9.97 Å². The van der Waals surface area contributed by atoms with Crippen LogP contribution in [0.25, 0.3) is 0 Å². The molecule has 0 aliphatic carbocycles. The lowest BCUT2D eigenvalue weighted by molar-refractivity contribution is 1.01. The first-order valence-electron chi connectivity index (χ1n) is 5.96. The third-order valence-electron chi connectivity index (χ3n) is 3.14. The van der Waals surface area contributed by atoms with E-state index in [1.165, 1.54) is 5.56 Å². The second-order valence-electron chi connectivity index (χ2n) is 4.41. The largest absolute Gasteiger partial charge is 0.399 e. The molecule has 94 valence electrons. The second-order valence-corrected chi connectivity index (χ2v) is 4.41. The molecule has 0 fully saturated rings. The Kier molecular flexibility index (Phi) is 3.46. The van der Waals surface area contributed by atoms with E-state index in [1.54, 1.807) is 6.20 Å². The topological polar surface area (TPSA) is 63.8 Å². The van der Waals surface area contributed by atoms with E-state index in [1.807, 2.05) is 32.9 Å². The number of nitrogen functional groups attached to an aromatic ring is 1. The van der Waals surface area contributed by atoms with Crippen LogP contribution in [0.2, 0.25) is 0 Å². The Bertz CT molecular complexity index is 564. The lowest BCUT2D eigenvalue weighted by Gasteiger charge is -2.10. The molecule has 0 saturated heterocycles. The maximum absolute atomic E-state index is 5.88. The standard InChI is InChI=1S/C14H18N4/c1-9-12(5-4-6-13(9)15)7-17-14-8-16-10(2)11(3)18-14/h4-6,8H,7,15H2,1-3H3,(H,17,18). The molecule has 4 heteroatoms. The Morgan fingerprint density at radius 3 is 2.67 bits per heavy atom. The first-order chi connectivity index (χ1) is 8.58. The van der Waals surface area contributed by atoms with Gasteiger partial charge in [0.25, 0.3) is 0 Å². The molecule has 0 radical (unpaired) electrons. The Morgan fingerprint density at radius 1 is 1.17 bits per heavy atom. The molecule has 0 atom stereocenters. The van der Waals surface area contributed by atoms with Crippen molar-refractivity contribution < 1.29 is 0 Å². The highest BCUT2D eigenvalue weighted by Crippen LogP contribution is 2.16. The van der Waals surface area contributed by atoms with Gasteiger partial charge in [0.1, 0.15) is 5.82 Å². The molecule has 0 saturated carbocycles. The minimum absolute atomic E-state index is 0.702. The Hall–Kier alpha value is -2.10. The van der Waals surface area contributed by atoms with Crippen molar-refractivity contribution in [2.75, 3.05) is 11.1 Å². The summed E-state index contributed by atoms with van der Waals surface area (Å²) in [4.78, 5) is 8.72. The van der Waals surface area contributed by atoms with Crippen molar-refractivity contribution in [3.05, 3.63) is 46.9 Å². The molecule has 0 aliphatic rings. The molecule has 1 aromatic carbocycles. The number of aryl methyl sites for hydroxylation is 2. The van der Waals surface area contributed by atoms with Gasteiger partial charge in [-0.25, -0.2) is 4.98 Å². The number of anilines is 2. The molecule has 0 unspecified atom stereocenters. The molecule has 2 rings (SSSR count). The van der Waals surface area contributed by atoms with Gasteiger partial charge < -0.3 is 11.1 Å². The van der Waals surface area contributed by atoms with E-state index in [0.717, 1.165) is 28.5 Å². The summed E-state index contributed by atoms with van der Waals surface area (Å²) in [5, 5.41) is 3.27. The van der Waals surface area contributed by atoms with Gasteiger partial charge in [-0.1, -0.05) is 12.1 Å². The van der Waals surface area contributed by atoms with Crippen LogP contribution in [0.4, 0.5) is 11.5 Å². The third-order valence-corrected chi connectivity index (χ3v) is 3.14. The Labute approximate surface area is 107 Å². The molecule has 0 bridgehead atoms. The summed E-state index contributed by atoms with van der Waals surface area (Å²) in [7, 11) is 0. The minimum Gasteiger partial charge on any atom is -0.399 e. The van der Waals surface area contributed by atoms with E-state index < -0.39 is 0 Å². The van der Waals surface area contributed by atoms with Crippen molar-refractivity contribution in [3.63, 3.8) is 0 Å². The smallest absolute Gasteiger partial charge is 0.145 e. The first-order valence-corrected chi connectivity index (χ1v) is 5.96. The number of benzene rings is 1. The molecule has 1 aromatic heterocycles. The maximum atomic E-state index is 5.88. The molecule has 2 aromatic rings. The zero-order valence-corrected chi connectivity index (χ0v) is 11.0. The number of hydrogen-bond donors (Lipinski definition) is 2. The molecular weight excluding hydrogens is 224 g/mol. The second kappa shape index (κ2) is 5.04. The molecule has 0 amide bonds. The van der Waals surface area contributed by atoms with Crippen LogP contribution in [-0.2, 0) is 6.54 Å². The van der Waals surface area contributed by atoms with E-state index >= 15 is 0 Å². The maximum Gasteiger partial charge on any atom is 0.145 e. The SMILES string of the molecule is Cc1ncc(NCc2cccc(N)c2C)nc1C. The van der Waals surface area contributed by atoms with Crippen molar-refractivity contribution in [2.45, 2.75) is 27.3 Å². The number of rotatable bonds is 3. The number of hydrogen-bond acceptors (Lipinski definition) is 4. The average Bonchev–Trinajstić information content (AvgIpc) is 2.35. The third kappa shape index (κ3) is 2.59. The van der Waals surface area contributed by atoms with Gasteiger partial charge >= 0.3 is 0 Å². The normalized spacial score (nSPS) is 10.4. The number of nitrogens with one attached hydrogen (secondary N) is 1. The number of nitrogens with two attached hydrogens (primary N) is 1. The predicted octanol–water partition coefficient (Wildman–Crippen LogP) is 2.60. The fourth-order valence-corrected chi connectivity index (χ4v) is 1.71. The lowest BCUT2D eigenvalue weighted by atomic mass is 10.1. The average molecular weight is 242 g/mol. The summed E-state index contributed by atoms with van der Waals surface area (Å²) < 4.78 is 0. The molecule has 0 aliphatic heterocycles. The summed E-state index contributed by atoms with van der Waals surface area (Å²) >= 11 is 0. The Morgan fingerprint density at radius 2 is 1.94 bits per heavy atom. The van der Waals surface area contributed by atoms with Crippen molar-refractivity contribution in [3.8, 4) is 0 Å². The van der Waals surface area contributed by atoms with Crippen LogP contribution in [-0.4, -0.2) is 9.97 Å². The van der Waals surface area contributed by atoms with Crippen LogP contribution in [0.3, 0.4) is 0 Å². The fourth-order valence-electron chi connectivity index (χ4n) is 1.71. The van der Waals surface area contributed by atoms with E-state index in [9.17, 15) is 0 Å². The summed E-state index contributed by atoms with van der Waals surface area (Å²) in [5.41, 5.74) is 10.9. The number of aromatic nitrogens is 2. The van der Waals surface area contributed by atoms with Gasteiger partial charge in [0, 0.05) is 12.2 Å². The highest BCUT2D eigenvalue weighted by atomic mass is 15.0. The van der Waals surface area contributed by atoms with Gasteiger partial charge in [0.15, 0.2) is 0 Å². The van der Waals surface area contributed by atoms with Gasteiger partial charge in [-0.15, -0.1) is 0 Å². The molecule has 1 heterocycles. The van der Waals surface area contributed by atoms with Crippen LogP contribution in [0.1, 0.15) is 22.5 Å². The van der Waals surface area contributed by atoms with E-state index in [-0.39, 0.29) is 0 Å². The van der Waals surface area contributed by atoms with Crippen LogP contribution in [0.5, 0.6) is 0 Å². The zero-order chi connectivity index (χ0) is 13.1. The van der Waals surface area contributed by atoms with E-state index in [4.69, 9.17) is 5.73 Å². The van der Waals surface area contributed by atoms with Crippen LogP contribution >= 0.6 is 0 Å². The van der Waals surface area contributed by atoms with Gasteiger partial charge in [-0.05, 0) is 38.0 Å². The zero-order valence-electron chi connectivity index (χ0n) is 11.0. The van der Waals surface area contributed by atoms with Crippen LogP contribution in [0, 0.1) is 20.8 Å². The predicted molar refractivity (Wildman–Crippen MR) is 74.4 cm³/mol. The van der Waals surface area contributed by atoms with Gasteiger partial charge in [-0.3, -0.25) is 4.98 Å². The van der Waals surface area contributed by atoms with Gasteiger partial charge in [0.05, 0.1) is 17.6 Å². The lowest BCUT2D eigenvalue weighted by Crippen LogP contribution is -2.06. The van der Waals surface area contributed by atoms with E-state index in [2.05, 4.69) is 21.4 Å². The van der Waals surface area contributed by atoms with Crippen molar-refractivity contribution in [2.24, 2.45) is 0 Å². The summed E-state index contributed by atoms with van der Waals surface area (Å²) in [6, 6.07) is 5.94. The monoisotopic (exact) mass is 242 g/mol. The summed E-state index contributed by atoms with van der Waals surface area (Å²) in [5.74, 6) is 0.792. The molecule has 4 nitrogen and oxygen atoms in total. The van der Waals surface area contributed by atoms with Crippen LogP contribution in [0.15, 0.2) is 24.4 Å². The van der Waals surface area contributed by atoms with Crippen molar-refractivity contribution >= 4 is 11.5 Å². The molecule has 3 N–H and O–H groups in total. The minimum atomic E-state index is 0.702. The van der Waals surface area contributed by atoms with Crippen LogP contribution < -0.4 is 11.1 Å². The first kappa shape index (κ1) is 12.4. The highest BCUT2D eigenvalue weighted by Gasteiger charge is 2.03. The molecule has 0 spiro atoms. The number of nitrogens with zero attached hydrogens (tertiary/aromatic N) is 2. The quantitative estimate of drug-likeness (QED) is 0.812.